The topological polar surface area (TPSA) is 182 Å². The van der Waals surface area contributed by atoms with Crippen molar-refractivity contribution in [2.75, 3.05) is 18.1 Å². The number of H-pyrrole nitrogens is 1. The van der Waals surface area contributed by atoms with E-state index in [9.17, 15) is 14.7 Å². The van der Waals surface area contributed by atoms with Crippen molar-refractivity contribution in [1.29, 1.82) is 0 Å². The Morgan fingerprint density at radius 3 is 2.73 bits per heavy atom. The van der Waals surface area contributed by atoms with Gasteiger partial charge in [0, 0.05) is 6.42 Å². The molecule has 1 saturated heterocycles. The van der Waals surface area contributed by atoms with Crippen LogP contribution in [0.15, 0.2) is 9.59 Å². The van der Waals surface area contributed by atoms with Crippen molar-refractivity contribution in [3.8, 4) is 0 Å². The van der Waals surface area contributed by atoms with Gasteiger partial charge >= 0.3 is 5.69 Å². The van der Waals surface area contributed by atoms with E-state index in [4.69, 9.17) is 21.3 Å². The number of nitrogens with one attached hydrogen (secondary N) is 1. The number of aromatic amines is 1. The van der Waals surface area contributed by atoms with Crippen molar-refractivity contribution in [3.63, 3.8) is 0 Å². The zero-order chi connectivity index (χ0) is 16.0. The molecule has 0 aliphatic carbocycles. The Bertz CT molecular complexity index is 845. The number of nitrogens with zero attached hydrogens (tertiary/aromatic N) is 3. The van der Waals surface area contributed by atoms with E-state index < -0.39 is 36.3 Å². The smallest absolute Gasteiger partial charge is 0.353 e. The first-order valence-corrected chi connectivity index (χ1v) is 6.44. The summed E-state index contributed by atoms with van der Waals surface area (Å²) in [6, 6.07) is 0. The molecule has 1 aliphatic rings. The van der Waals surface area contributed by atoms with Gasteiger partial charge in [-0.25, -0.2) is 9.36 Å². The van der Waals surface area contributed by atoms with Crippen molar-refractivity contribution in [3.05, 3.63) is 20.8 Å². The summed E-state index contributed by atoms with van der Waals surface area (Å²) in [6.45, 7) is -0.414. The third-order valence-electron chi connectivity index (χ3n) is 3.50. The van der Waals surface area contributed by atoms with E-state index in [1.54, 1.807) is 0 Å². The number of aliphatic hydroxyl groups is 2. The minimum Gasteiger partial charge on any atom is -0.394 e. The van der Waals surface area contributed by atoms with Gasteiger partial charge in [0.2, 0.25) is 5.95 Å². The Morgan fingerprint density at radius 1 is 1.36 bits per heavy atom. The number of nitrogen functional groups attached to an aromatic ring is 2. The molecule has 3 heterocycles. The monoisotopic (exact) mass is 310 g/mol. The molecule has 118 valence electrons. The molecule has 7 N–H and O–H groups in total. The normalized spacial score (nSPS) is 24.9. The van der Waals surface area contributed by atoms with E-state index in [1.807, 2.05) is 0 Å². The van der Waals surface area contributed by atoms with Crippen molar-refractivity contribution in [1.82, 2.24) is 19.5 Å². The molecule has 0 aromatic carbocycles. The molecule has 0 amide bonds. The quantitative estimate of drug-likeness (QED) is 0.393. The van der Waals surface area contributed by atoms with Gasteiger partial charge in [-0.1, -0.05) is 0 Å². The summed E-state index contributed by atoms with van der Waals surface area (Å²) in [7, 11) is 0. The molecular weight excluding hydrogens is 296 g/mol. The molecule has 2 aromatic rings. The van der Waals surface area contributed by atoms with Gasteiger partial charge in [-0.2, -0.15) is 9.97 Å². The van der Waals surface area contributed by atoms with E-state index in [0.29, 0.717) is 0 Å². The first-order valence-electron chi connectivity index (χ1n) is 6.44. The lowest BCUT2D eigenvalue weighted by Gasteiger charge is -2.16. The fourth-order valence-electron chi connectivity index (χ4n) is 2.48. The van der Waals surface area contributed by atoms with Gasteiger partial charge in [0.05, 0.1) is 12.7 Å². The van der Waals surface area contributed by atoms with E-state index >= 15 is 0 Å². The Kier molecular flexibility index (Phi) is 3.31. The predicted octanol–water partition coefficient (Wildman–Crippen LogP) is -2.72. The number of rotatable bonds is 2. The van der Waals surface area contributed by atoms with Crippen molar-refractivity contribution < 1.29 is 14.9 Å². The van der Waals surface area contributed by atoms with Crippen LogP contribution in [0, 0.1) is 0 Å². The number of hydrogen-bond donors (Lipinski definition) is 5. The highest BCUT2D eigenvalue weighted by atomic mass is 16.5. The van der Waals surface area contributed by atoms with Crippen molar-refractivity contribution in [2.24, 2.45) is 0 Å². The number of anilines is 2. The van der Waals surface area contributed by atoms with Gasteiger partial charge in [-0.05, 0) is 0 Å². The minimum atomic E-state index is -0.964. The second kappa shape index (κ2) is 5.05. The van der Waals surface area contributed by atoms with Crippen LogP contribution in [-0.4, -0.2) is 48.5 Å². The number of nitrogens with two attached hydrogens (primary N) is 2. The van der Waals surface area contributed by atoms with Gasteiger partial charge in [-0.15, -0.1) is 0 Å². The fraction of sp³-hybridized carbons (Fsp3) is 0.455. The highest BCUT2D eigenvalue weighted by molar-refractivity contribution is 5.84. The van der Waals surface area contributed by atoms with Crippen LogP contribution in [0.4, 0.5) is 11.8 Å². The number of aromatic nitrogens is 4. The van der Waals surface area contributed by atoms with E-state index in [-0.39, 0.29) is 29.2 Å². The Morgan fingerprint density at radius 2 is 2.09 bits per heavy atom. The number of hydrogen-bond acceptors (Lipinski definition) is 9. The second-order valence-corrected chi connectivity index (χ2v) is 4.91. The first kappa shape index (κ1) is 14.4. The maximum Gasteiger partial charge on any atom is 0.353 e. The van der Waals surface area contributed by atoms with Crippen LogP contribution in [0.25, 0.3) is 11.0 Å². The largest absolute Gasteiger partial charge is 0.394 e. The lowest BCUT2D eigenvalue weighted by molar-refractivity contribution is -0.0445. The maximum atomic E-state index is 12.1. The van der Waals surface area contributed by atoms with Crippen LogP contribution >= 0.6 is 0 Å². The maximum absolute atomic E-state index is 12.1. The number of aliphatic hydroxyl groups excluding tert-OH is 2. The molecule has 22 heavy (non-hydrogen) atoms. The molecule has 11 heteroatoms. The molecular formula is C11H14N6O5. The van der Waals surface area contributed by atoms with E-state index in [0.717, 1.165) is 4.57 Å². The molecule has 1 fully saturated rings. The van der Waals surface area contributed by atoms with Crippen LogP contribution in [0.2, 0.25) is 0 Å². The van der Waals surface area contributed by atoms with Gasteiger partial charge in [0.1, 0.15) is 23.5 Å². The summed E-state index contributed by atoms with van der Waals surface area (Å²) >= 11 is 0. The summed E-state index contributed by atoms with van der Waals surface area (Å²) < 4.78 is 6.40. The Balaban J connectivity index is 2.26. The zero-order valence-electron chi connectivity index (χ0n) is 11.3. The third kappa shape index (κ3) is 2.11. The molecule has 0 spiro atoms. The van der Waals surface area contributed by atoms with Crippen molar-refractivity contribution in [2.45, 2.75) is 24.9 Å². The highest BCUT2D eigenvalue weighted by Crippen LogP contribution is 2.29. The van der Waals surface area contributed by atoms with Crippen LogP contribution in [0.3, 0.4) is 0 Å². The predicted molar refractivity (Wildman–Crippen MR) is 74.9 cm³/mol. The first-order chi connectivity index (χ1) is 10.4. The summed E-state index contributed by atoms with van der Waals surface area (Å²) in [5.41, 5.74) is 9.58. The molecule has 3 rings (SSSR count). The van der Waals surface area contributed by atoms with Crippen LogP contribution in [0.1, 0.15) is 12.6 Å². The molecule has 0 unspecified atom stereocenters. The molecule has 2 aromatic heterocycles. The van der Waals surface area contributed by atoms with Crippen molar-refractivity contribution >= 4 is 22.8 Å². The number of ether oxygens (including phenoxy) is 1. The molecule has 0 saturated carbocycles. The SMILES string of the molecule is Nc1nc2c(c(N)nc(=O)n2[C@H]2C[C@H](O)[C@@H](CO)O2)c(=O)[nH]1. The molecule has 3 atom stereocenters. The summed E-state index contributed by atoms with van der Waals surface area (Å²) in [6.07, 6.45) is -2.72. The Labute approximate surface area is 122 Å². The summed E-state index contributed by atoms with van der Waals surface area (Å²) in [5.74, 6) is -0.476. The van der Waals surface area contributed by atoms with Gasteiger partial charge < -0.3 is 26.4 Å². The molecule has 11 nitrogen and oxygen atoms in total. The third-order valence-corrected chi connectivity index (χ3v) is 3.50. The van der Waals surface area contributed by atoms with Gasteiger partial charge in [0.15, 0.2) is 5.65 Å². The fourth-order valence-corrected chi connectivity index (χ4v) is 2.48. The van der Waals surface area contributed by atoms with E-state index in [1.165, 1.54) is 0 Å². The average molecular weight is 310 g/mol. The lowest BCUT2D eigenvalue weighted by atomic mass is 10.2. The molecule has 0 bridgehead atoms. The van der Waals surface area contributed by atoms with Gasteiger partial charge in [-0.3, -0.25) is 9.78 Å². The summed E-state index contributed by atoms with van der Waals surface area (Å²) in [5, 5.41) is 18.8. The standard InChI is InChI=1S/C11H14N6O5/c12-7-6-8(15-10(13)16-9(6)20)17(11(21)14-7)5-1-3(19)4(2-18)22-5/h3-5,18-19H,1-2H2,(H2,12,14,21)(H3,13,15,16,20)/t3-,4+,5+/m0/s1. The highest BCUT2D eigenvalue weighted by Gasteiger charge is 2.36. The van der Waals surface area contributed by atoms with Gasteiger partial charge in [0.25, 0.3) is 5.56 Å². The Hall–Kier alpha value is -2.50. The van der Waals surface area contributed by atoms with Crippen LogP contribution in [-0.2, 0) is 4.74 Å². The second-order valence-electron chi connectivity index (χ2n) is 4.91. The summed E-state index contributed by atoms with van der Waals surface area (Å²) in [4.78, 5) is 33.8. The molecule has 1 aliphatic heterocycles. The van der Waals surface area contributed by atoms with E-state index in [2.05, 4.69) is 15.0 Å². The molecule has 0 radical (unpaired) electrons. The van der Waals surface area contributed by atoms with Crippen LogP contribution < -0.4 is 22.7 Å². The number of fused-ring (bicyclic) bond motifs is 1. The average Bonchev–Trinajstić information content (AvgIpc) is 2.78. The lowest BCUT2D eigenvalue weighted by Crippen LogP contribution is -2.31. The minimum absolute atomic E-state index is 0.0280. The van der Waals surface area contributed by atoms with Crippen LogP contribution in [0.5, 0.6) is 0 Å². The zero-order valence-corrected chi connectivity index (χ0v) is 11.3.